The second-order valence-corrected chi connectivity index (χ2v) is 5.00. The minimum atomic E-state index is -0.685. The van der Waals surface area contributed by atoms with E-state index in [1.165, 1.54) is 6.07 Å². The fraction of sp³-hybridized carbons (Fsp3) is 0.231. The van der Waals surface area contributed by atoms with Gasteiger partial charge in [0.2, 0.25) is 0 Å². The lowest BCUT2D eigenvalue weighted by Crippen LogP contribution is -2.19. The third-order valence-corrected chi connectivity index (χ3v) is 2.75. The monoisotopic (exact) mass is 310 g/mol. The van der Waals surface area contributed by atoms with Gasteiger partial charge in [-0.05, 0) is 38.1 Å². The highest BCUT2D eigenvalue weighted by molar-refractivity contribution is 9.10. The molecule has 0 fully saturated rings. The summed E-state index contributed by atoms with van der Waals surface area (Å²) in [7, 11) is 0. The molecule has 0 aliphatic carbocycles. The molecule has 0 radical (unpaired) electrons. The van der Waals surface area contributed by atoms with Crippen LogP contribution in [0.1, 0.15) is 24.2 Å². The topological polar surface area (TPSA) is 56.5 Å². The zero-order chi connectivity index (χ0) is 13.3. The normalized spacial score (nSPS) is 10.9. The summed E-state index contributed by atoms with van der Waals surface area (Å²) in [6, 6.07) is 6.68. The van der Waals surface area contributed by atoms with Crippen LogP contribution in [0.2, 0.25) is 0 Å². The molecule has 0 N–H and O–H groups in total. The van der Waals surface area contributed by atoms with Gasteiger partial charge in [0.25, 0.3) is 0 Å². The van der Waals surface area contributed by atoms with Gasteiger partial charge in [-0.2, -0.15) is 0 Å². The van der Waals surface area contributed by atoms with Crippen molar-refractivity contribution in [3.63, 3.8) is 0 Å². The van der Waals surface area contributed by atoms with Crippen molar-refractivity contribution in [1.29, 1.82) is 0 Å². The van der Waals surface area contributed by atoms with E-state index >= 15 is 0 Å². The number of carbonyl (C=O) groups excluding carboxylic acids is 1. The average Bonchev–Trinajstić information content (AvgIpc) is 2.27. The summed E-state index contributed by atoms with van der Waals surface area (Å²) in [6.07, 6.45) is -0.282. The molecule has 1 aromatic heterocycles. The zero-order valence-electron chi connectivity index (χ0n) is 9.90. The first-order valence-corrected chi connectivity index (χ1v) is 6.21. The van der Waals surface area contributed by atoms with E-state index in [-0.39, 0.29) is 11.7 Å². The van der Waals surface area contributed by atoms with E-state index in [1.807, 2.05) is 0 Å². The fourth-order valence-electron chi connectivity index (χ4n) is 1.51. The van der Waals surface area contributed by atoms with Crippen LogP contribution in [-0.2, 0) is 4.74 Å². The summed E-state index contributed by atoms with van der Waals surface area (Å²) in [5.74, 6) is -0.666. The third kappa shape index (κ3) is 2.61. The molecular formula is C13H11BrO4. The van der Waals surface area contributed by atoms with Gasteiger partial charge in [0, 0.05) is 9.86 Å². The number of esters is 1. The summed E-state index contributed by atoms with van der Waals surface area (Å²) in [5.41, 5.74) is -0.339. The lowest BCUT2D eigenvalue weighted by molar-refractivity contribution is 0.0373. The van der Waals surface area contributed by atoms with Crippen LogP contribution in [0.4, 0.5) is 0 Å². The Balaban J connectivity index is 2.54. The van der Waals surface area contributed by atoms with Crippen molar-refractivity contribution < 1.29 is 13.9 Å². The van der Waals surface area contributed by atoms with Crippen molar-refractivity contribution in [2.45, 2.75) is 20.0 Å². The Morgan fingerprint density at radius 1 is 1.33 bits per heavy atom. The number of benzene rings is 1. The number of halogens is 1. The molecule has 5 heteroatoms. The van der Waals surface area contributed by atoms with Gasteiger partial charge >= 0.3 is 11.6 Å². The first kappa shape index (κ1) is 12.8. The lowest BCUT2D eigenvalue weighted by Gasteiger charge is -2.07. The standard InChI is InChI=1S/C13H11BrO4/c1-7(2)17-12(15)10-6-8-5-9(14)3-4-11(8)18-13(10)16/h3-7H,1-2H3. The smallest absolute Gasteiger partial charge is 0.351 e. The van der Waals surface area contributed by atoms with Crippen LogP contribution in [0.3, 0.4) is 0 Å². The Morgan fingerprint density at radius 2 is 2.06 bits per heavy atom. The van der Waals surface area contributed by atoms with Crippen molar-refractivity contribution in [1.82, 2.24) is 0 Å². The van der Waals surface area contributed by atoms with Gasteiger partial charge in [0.05, 0.1) is 6.10 Å². The van der Waals surface area contributed by atoms with Crippen LogP contribution in [0.15, 0.2) is 37.9 Å². The van der Waals surface area contributed by atoms with E-state index in [4.69, 9.17) is 9.15 Å². The molecule has 0 amide bonds. The number of ether oxygens (including phenoxy) is 1. The second kappa shape index (κ2) is 4.94. The van der Waals surface area contributed by atoms with Crippen molar-refractivity contribution in [3.05, 3.63) is 44.7 Å². The van der Waals surface area contributed by atoms with Crippen LogP contribution in [0, 0.1) is 0 Å². The minimum Gasteiger partial charge on any atom is -0.459 e. The summed E-state index contributed by atoms with van der Waals surface area (Å²) in [4.78, 5) is 23.4. The zero-order valence-corrected chi connectivity index (χ0v) is 11.5. The van der Waals surface area contributed by atoms with Crippen molar-refractivity contribution in [3.8, 4) is 0 Å². The number of rotatable bonds is 2. The Kier molecular flexibility index (Phi) is 3.52. The van der Waals surface area contributed by atoms with Gasteiger partial charge in [-0.1, -0.05) is 15.9 Å². The van der Waals surface area contributed by atoms with E-state index in [1.54, 1.807) is 32.0 Å². The molecule has 0 aliphatic heterocycles. The van der Waals surface area contributed by atoms with E-state index in [2.05, 4.69) is 15.9 Å². The molecule has 4 nitrogen and oxygen atoms in total. The molecule has 0 aliphatic rings. The first-order chi connectivity index (χ1) is 8.47. The van der Waals surface area contributed by atoms with E-state index in [0.717, 1.165) is 4.47 Å². The predicted molar refractivity (Wildman–Crippen MR) is 70.7 cm³/mol. The molecule has 0 unspecified atom stereocenters. The van der Waals surface area contributed by atoms with Crippen molar-refractivity contribution in [2.75, 3.05) is 0 Å². The quantitative estimate of drug-likeness (QED) is 0.631. The number of hydrogen-bond acceptors (Lipinski definition) is 4. The molecule has 0 atom stereocenters. The van der Waals surface area contributed by atoms with E-state index < -0.39 is 11.6 Å². The average molecular weight is 311 g/mol. The van der Waals surface area contributed by atoms with E-state index in [9.17, 15) is 9.59 Å². The molecule has 94 valence electrons. The van der Waals surface area contributed by atoms with Gasteiger partial charge in [-0.15, -0.1) is 0 Å². The molecule has 0 saturated heterocycles. The molecule has 18 heavy (non-hydrogen) atoms. The largest absolute Gasteiger partial charge is 0.459 e. The molecule has 0 saturated carbocycles. The maximum Gasteiger partial charge on any atom is 0.351 e. The molecule has 2 rings (SSSR count). The summed E-state index contributed by atoms with van der Waals surface area (Å²) in [5, 5.41) is 0.666. The molecule has 2 aromatic rings. The van der Waals surface area contributed by atoms with Crippen LogP contribution in [0.25, 0.3) is 11.0 Å². The van der Waals surface area contributed by atoms with Gasteiger partial charge < -0.3 is 9.15 Å². The lowest BCUT2D eigenvalue weighted by atomic mass is 10.2. The SMILES string of the molecule is CC(C)OC(=O)c1cc2cc(Br)ccc2oc1=O. The number of fused-ring (bicyclic) bond motifs is 1. The van der Waals surface area contributed by atoms with Gasteiger partial charge in [-0.25, -0.2) is 9.59 Å². The van der Waals surface area contributed by atoms with Gasteiger partial charge in [0.1, 0.15) is 11.1 Å². The summed E-state index contributed by atoms with van der Waals surface area (Å²) >= 11 is 3.32. The second-order valence-electron chi connectivity index (χ2n) is 4.08. The maximum absolute atomic E-state index is 11.7. The highest BCUT2D eigenvalue weighted by Gasteiger charge is 2.16. The molecule has 1 aromatic carbocycles. The fourth-order valence-corrected chi connectivity index (χ4v) is 1.89. The Morgan fingerprint density at radius 3 is 2.72 bits per heavy atom. The number of hydrogen-bond donors (Lipinski definition) is 0. The van der Waals surface area contributed by atoms with Crippen molar-refractivity contribution >= 4 is 32.9 Å². The molecule has 0 spiro atoms. The Hall–Kier alpha value is -1.62. The molecule has 0 bridgehead atoms. The maximum atomic E-state index is 11.7. The Bertz CT molecular complexity index is 658. The highest BCUT2D eigenvalue weighted by Crippen LogP contribution is 2.19. The summed E-state index contributed by atoms with van der Waals surface area (Å²) in [6.45, 7) is 3.44. The molecular weight excluding hydrogens is 300 g/mol. The van der Waals surface area contributed by atoms with Crippen LogP contribution >= 0.6 is 15.9 Å². The first-order valence-electron chi connectivity index (χ1n) is 5.42. The van der Waals surface area contributed by atoms with Crippen LogP contribution in [0.5, 0.6) is 0 Å². The van der Waals surface area contributed by atoms with Gasteiger partial charge in [-0.3, -0.25) is 0 Å². The third-order valence-electron chi connectivity index (χ3n) is 2.26. The van der Waals surface area contributed by atoms with E-state index in [0.29, 0.717) is 11.0 Å². The Labute approximate surface area is 112 Å². The number of carbonyl (C=O) groups is 1. The summed E-state index contributed by atoms with van der Waals surface area (Å²) < 4.78 is 10.9. The molecule has 1 heterocycles. The van der Waals surface area contributed by atoms with Crippen molar-refractivity contribution in [2.24, 2.45) is 0 Å². The van der Waals surface area contributed by atoms with Crippen LogP contribution in [-0.4, -0.2) is 12.1 Å². The predicted octanol–water partition coefficient (Wildman–Crippen LogP) is 3.12. The van der Waals surface area contributed by atoms with Crippen LogP contribution < -0.4 is 5.63 Å². The highest BCUT2D eigenvalue weighted by atomic mass is 79.9. The minimum absolute atomic E-state index is 0.0886. The van der Waals surface area contributed by atoms with Gasteiger partial charge in [0.15, 0.2) is 0 Å².